The van der Waals surface area contributed by atoms with Crippen LogP contribution in [0.1, 0.15) is 17.8 Å². The van der Waals surface area contributed by atoms with Crippen LogP contribution >= 0.6 is 11.8 Å². The maximum atomic E-state index is 12.5. The van der Waals surface area contributed by atoms with Gasteiger partial charge in [0.05, 0.1) is 11.3 Å². The van der Waals surface area contributed by atoms with Crippen molar-refractivity contribution in [2.75, 3.05) is 11.1 Å². The fraction of sp³-hybridized carbons (Fsp3) is 0.333. The average Bonchev–Trinajstić information content (AvgIpc) is 2.91. The molecule has 2 rings (SSSR count). The molecule has 1 aromatic heterocycles. The molecule has 0 spiro atoms. The van der Waals surface area contributed by atoms with Crippen LogP contribution in [0.4, 0.5) is 18.9 Å². The Morgan fingerprint density at radius 1 is 1.23 bits per heavy atom. The Hall–Kier alpha value is -2.56. The minimum absolute atomic E-state index is 0.00279. The average molecular weight is 387 g/mol. The van der Waals surface area contributed by atoms with Gasteiger partial charge in [-0.2, -0.15) is 13.2 Å². The molecule has 2 aromatic rings. The molecular weight excluding hydrogens is 371 g/mol. The summed E-state index contributed by atoms with van der Waals surface area (Å²) < 4.78 is 39.1. The molecule has 0 aliphatic heterocycles. The summed E-state index contributed by atoms with van der Waals surface area (Å²) in [5, 5.41) is 10.8. The molecule has 7 nitrogen and oxygen atoms in total. The first-order chi connectivity index (χ1) is 12.2. The molecule has 26 heavy (non-hydrogen) atoms. The number of benzene rings is 1. The normalized spacial score (nSPS) is 11.4. The van der Waals surface area contributed by atoms with E-state index in [1.807, 2.05) is 0 Å². The minimum Gasteiger partial charge on any atom is -0.370 e. The maximum absolute atomic E-state index is 12.5. The van der Waals surface area contributed by atoms with Gasteiger partial charge in [0.1, 0.15) is 5.82 Å². The molecule has 0 aliphatic carbocycles. The van der Waals surface area contributed by atoms with Crippen molar-refractivity contribution in [1.82, 2.24) is 14.8 Å². The Balaban J connectivity index is 1.88. The Kier molecular flexibility index (Phi) is 6.24. The summed E-state index contributed by atoms with van der Waals surface area (Å²) in [5.74, 6) is -0.271. The van der Waals surface area contributed by atoms with Gasteiger partial charge >= 0.3 is 6.18 Å². The second kappa shape index (κ2) is 8.21. The van der Waals surface area contributed by atoms with E-state index in [1.165, 1.54) is 12.1 Å². The molecule has 1 heterocycles. The fourth-order valence-electron chi connectivity index (χ4n) is 1.99. The zero-order chi connectivity index (χ0) is 19.3. The Bertz CT molecular complexity index is 790. The van der Waals surface area contributed by atoms with Crippen LogP contribution in [0.2, 0.25) is 0 Å². The smallest absolute Gasteiger partial charge is 0.370 e. The summed E-state index contributed by atoms with van der Waals surface area (Å²) in [7, 11) is 1.70. The molecule has 0 fully saturated rings. The lowest BCUT2D eigenvalue weighted by Gasteiger charge is -2.08. The van der Waals surface area contributed by atoms with E-state index < -0.39 is 23.6 Å². The standard InChI is InChI=1S/C15H16F3N5O2S/c1-23-12(7-6-11(19)24)21-22-14(23)26-8-13(25)20-10-4-2-9(3-5-10)15(16,17)18/h2-5H,6-8H2,1H3,(H2,19,24)(H,20,25). The van der Waals surface area contributed by atoms with E-state index in [1.54, 1.807) is 11.6 Å². The van der Waals surface area contributed by atoms with Gasteiger partial charge in [0.25, 0.3) is 0 Å². The predicted molar refractivity (Wildman–Crippen MR) is 89.3 cm³/mol. The molecule has 0 bridgehead atoms. The van der Waals surface area contributed by atoms with Crippen LogP contribution in [0.3, 0.4) is 0 Å². The van der Waals surface area contributed by atoms with E-state index in [0.717, 1.165) is 23.9 Å². The van der Waals surface area contributed by atoms with E-state index >= 15 is 0 Å². The monoisotopic (exact) mass is 387 g/mol. The van der Waals surface area contributed by atoms with Gasteiger partial charge in [0.15, 0.2) is 5.16 Å². The van der Waals surface area contributed by atoms with Crippen LogP contribution in [0.25, 0.3) is 0 Å². The number of nitrogens with one attached hydrogen (secondary N) is 1. The van der Waals surface area contributed by atoms with E-state index in [0.29, 0.717) is 17.4 Å². The van der Waals surface area contributed by atoms with Crippen LogP contribution in [-0.2, 0) is 29.2 Å². The summed E-state index contributed by atoms with van der Waals surface area (Å²) in [5.41, 5.74) is 4.57. The zero-order valence-electron chi connectivity index (χ0n) is 13.7. The minimum atomic E-state index is -4.42. The first-order valence-electron chi connectivity index (χ1n) is 7.43. The van der Waals surface area contributed by atoms with Crippen LogP contribution in [0.5, 0.6) is 0 Å². The largest absolute Gasteiger partial charge is 0.416 e. The van der Waals surface area contributed by atoms with Crippen LogP contribution in [0, 0.1) is 0 Å². The number of halogens is 3. The Morgan fingerprint density at radius 2 is 1.88 bits per heavy atom. The highest BCUT2D eigenvalue weighted by atomic mass is 32.2. The van der Waals surface area contributed by atoms with Gasteiger partial charge in [-0.3, -0.25) is 9.59 Å². The Morgan fingerprint density at radius 3 is 2.46 bits per heavy atom. The van der Waals surface area contributed by atoms with Crippen molar-refractivity contribution in [3.8, 4) is 0 Å². The molecule has 0 saturated carbocycles. The van der Waals surface area contributed by atoms with Gasteiger partial charge < -0.3 is 15.6 Å². The lowest BCUT2D eigenvalue weighted by atomic mass is 10.2. The van der Waals surface area contributed by atoms with Gasteiger partial charge in [0, 0.05) is 25.6 Å². The van der Waals surface area contributed by atoms with Gasteiger partial charge in [-0.1, -0.05) is 11.8 Å². The summed E-state index contributed by atoms with van der Waals surface area (Å²) in [4.78, 5) is 22.7. The molecule has 3 N–H and O–H groups in total. The maximum Gasteiger partial charge on any atom is 0.416 e. The SMILES string of the molecule is Cn1c(CCC(N)=O)nnc1SCC(=O)Nc1ccc(C(F)(F)F)cc1. The molecule has 140 valence electrons. The number of hydrogen-bond donors (Lipinski definition) is 2. The van der Waals surface area contributed by atoms with Crippen LogP contribution in [-0.4, -0.2) is 32.3 Å². The number of nitrogens with zero attached hydrogens (tertiary/aromatic N) is 3. The molecule has 2 amide bonds. The first-order valence-corrected chi connectivity index (χ1v) is 8.42. The molecule has 0 radical (unpaired) electrons. The van der Waals surface area contributed by atoms with E-state index in [9.17, 15) is 22.8 Å². The molecule has 0 aliphatic rings. The number of carbonyl (C=O) groups is 2. The van der Waals surface area contributed by atoms with Crippen molar-refractivity contribution in [1.29, 1.82) is 0 Å². The van der Waals surface area contributed by atoms with E-state index in [-0.39, 0.29) is 17.9 Å². The third kappa shape index (κ3) is 5.48. The van der Waals surface area contributed by atoms with Crippen molar-refractivity contribution in [3.05, 3.63) is 35.7 Å². The topological polar surface area (TPSA) is 103 Å². The first kappa shape index (κ1) is 19.8. The zero-order valence-corrected chi connectivity index (χ0v) is 14.5. The van der Waals surface area contributed by atoms with Crippen molar-refractivity contribution < 1.29 is 22.8 Å². The quantitative estimate of drug-likeness (QED) is 0.707. The fourth-order valence-corrected chi connectivity index (χ4v) is 2.72. The molecule has 1 aromatic carbocycles. The predicted octanol–water partition coefficient (Wildman–Crippen LogP) is 1.98. The number of aryl methyl sites for hydroxylation is 1. The van der Waals surface area contributed by atoms with Gasteiger partial charge in [-0.15, -0.1) is 10.2 Å². The number of primary amides is 1. The van der Waals surface area contributed by atoms with Gasteiger partial charge in [0.2, 0.25) is 11.8 Å². The summed E-state index contributed by atoms with van der Waals surface area (Å²) in [6.45, 7) is 0. The van der Waals surface area contributed by atoms with Gasteiger partial charge in [-0.05, 0) is 24.3 Å². The highest BCUT2D eigenvalue weighted by molar-refractivity contribution is 7.99. The summed E-state index contributed by atoms with van der Waals surface area (Å²) in [6, 6.07) is 4.18. The second-order valence-electron chi connectivity index (χ2n) is 5.34. The molecular formula is C15H16F3N5O2S. The highest BCUT2D eigenvalue weighted by Crippen LogP contribution is 2.29. The third-order valence-corrected chi connectivity index (χ3v) is 4.37. The number of rotatable bonds is 7. The number of thioether (sulfide) groups is 1. The van der Waals surface area contributed by atoms with E-state index in [2.05, 4.69) is 15.5 Å². The number of anilines is 1. The highest BCUT2D eigenvalue weighted by Gasteiger charge is 2.30. The molecule has 0 atom stereocenters. The number of alkyl halides is 3. The number of aromatic nitrogens is 3. The molecule has 0 saturated heterocycles. The summed E-state index contributed by atoms with van der Waals surface area (Å²) >= 11 is 1.12. The lowest BCUT2D eigenvalue weighted by molar-refractivity contribution is -0.137. The number of carbonyl (C=O) groups excluding carboxylic acids is 2. The second-order valence-corrected chi connectivity index (χ2v) is 6.28. The Labute approximate surface area is 151 Å². The number of nitrogens with two attached hydrogens (primary N) is 1. The van der Waals surface area contributed by atoms with Crippen molar-refractivity contribution in [2.45, 2.75) is 24.2 Å². The van der Waals surface area contributed by atoms with Crippen LogP contribution < -0.4 is 11.1 Å². The number of amides is 2. The van der Waals surface area contributed by atoms with E-state index in [4.69, 9.17) is 5.73 Å². The van der Waals surface area contributed by atoms with Crippen molar-refractivity contribution >= 4 is 29.3 Å². The molecule has 11 heteroatoms. The third-order valence-electron chi connectivity index (χ3n) is 3.35. The van der Waals surface area contributed by atoms with Gasteiger partial charge in [-0.25, -0.2) is 0 Å². The van der Waals surface area contributed by atoms with Crippen molar-refractivity contribution in [2.24, 2.45) is 12.8 Å². The summed E-state index contributed by atoms with van der Waals surface area (Å²) in [6.07, 6.45) is -3.93. The lowest BCUT2D eigenvalue weighted by Crippen LogP contribution is -2.15. The number of hydrogen-bond acceptors (Lipinski definition) is 5. The van der Waals surface area contributed by atoms with Crippen molar-refractivity contribution in [3.63, 3.8) is 0 Å². The molecule has 0 unspecified atom stereocenters. The van der Waals surface area contributed by atoms with Crippen LogP contribution in [0.15, 0.2) is 29.4 Å².